The summed E-state index contributed by atoms with van der Waals surface area (Å²) in [5.41, 5.74) is -0.320. The summed E-state index contributed by atoms with van der Waals surface area (Å²) in [4.78, 5) is 23.5. The van der Waals surface area contributed by atoms with E-state index in [1.165, 1.54) is 26.4 Å². The molecule has 1 amide bonds. The van der Waals surface area contributed by atoms with Crippen LogP contribution >= 0.6 is 0 Å². The molecular weight excluding hydrogens is 391 g/mol. The first-order valence-corrected chi connectivity index (χ1v) is 8.27. The number of rotatable bonds is 7. The van der Waals surface area contributed by atoms with Gasteiger partial charge in [-0.3, -0.25) is 4.79 Å². The highest BCUT2D eigenvalue weighted by Crippen LogP contribution is 2.30. The molecule has 0 radical (unpaired) electrons. The summed E-state index contributed by atoms with van der Waals surface area (Å²) >= 11 is 0. The minimum absolute atomic E-state index is 0.0539. The molecule has 0 atom stereocenters. The molecular formula is C20H18F3NO5. The summed E-state index contributed by atoms with van der Waals surface area (Å²) in [7, 11) is 2.97. The van der Waals surface area contributed by atoms with Gasteiger partial charge < -0.3 is 19.5 Å². The fraction of sp³-hybridized carbons (Fsp3) is 0.200. The van der Waals surface area contributed by atoms with Gasteiger partial charge in [0.2, 0.25) is 0 Å². The molecule has 9 heteroatoms. The summed E-state index contributed by atoms with van der Waals surface area (Å²) in [6.07, 6.45) is -1.96. The lowest BCUT2D eigenvalue weighted by Gasteiger charge is -2.10. The molecule has 6 nitrogen and oxygen atoms in total. The van der Waals surface area contributed by atoms with Crippen molar-refractivity contribution >= 4 is 23.6 Å². The minimum atomic E-state index is -4.53. The van der Waals surface area contributed by atoms with Gasteiger partial charge in [-0.05, 0) is 42.0 Å². The Morgan fingerprint density at radius 1 is 1.03 bits per heavy atom. The van der Waals surface area contributed by atoms with Crippen LogP contribution in [0.25, 0.3) is 6.08 Å². The summed E-state index contributed by atoms with van der Waals surface area (Å²) in [5.74, 6) is -0.557. The van der Waals surface area contributed by atoms with Crippen LogP contribution in [0, 0.1) is 0 Å². The van der Waals surface area contributed by atoms with Crippen LogP contribution in [0.1, 0.15) is 11.1 Å². The lowest BCUT2D eigenvalue weighted by molar-refractivity contribution is -0.142. The van der Waals surface area contributed by atoms with Crippen molar-refractivity contribution < 1.29 is 37.0 Å². The number of benzene rings is 2. The molecule has 1 N–H and O–H groups in total. The molecule has 0 aliphatic rings. The number of esters is 1. The quantitative estimate of drug-likeness (QED) is 0.554. The molecule has 29 heavy (non-hydrogen) atoms. The molecule has 0 fully saturated rings. The topological polar surface area (TPSA) is 73.9 Å². The van der Waals surface area contributed by atoms with E-state index in [-0.39, 0.29) is 5.69 Å². The van der Waals surface area contributed by atoms with Crippen molar-refractivity contribution in [2.45, 2.75) is 6.18 Å². The number of nitrogens with one attached hydrogen (secondary N) is 1. The van der Waals surface area contributed by atoms with E-state index in [0.717, 1.165) is 24.3 Å². The minimum Gasteiger partial charge on any atom is -0.493 e. The van der Waals surface area contributed by atoms with Crippen LogP contribution in [0.15, 0.2) is 48.5 Å². The van der Waals surface area contributed by atoms with Gasteiger partial charge in [-0.2, -0.15) is 13.2 Å². The lowest BCUT2D eigenvalue weighted by Crippen LogP contribution is -2.20. The maximum Gasteiger partial charge on any atom is 0.416 e. The fourth-order valence-corrected chi connectivity index (χ4v) is 2.28. The van der Waals surface area contributed by atoms with Gasteiger partial charge in [-0.25, -0.2) is 4.79 Å². The number of amides is 1. The summed E-state index contributed by atoms with van der Waals surface area (Å²) in [5, 5.41) is 2.24. The number of hydrogen-bond donors (Lipinski definition) is 1. The number of anilines is 1. The molecule has 154 valence electrons. The average Bonchev–Trinajstić information content (AvgIpc) is 2.70. The van der Waals surface area contributed by atoms with Crippen LogP contribution < -0.4 is 14.8 Å². The molecule has 2 aromatic carbocycles. The van der Waals surface area contributed by atoms with Gasteiger partial charge in [0.1, 0.15) is 0 Å². The third kappa shape index (κ3) is 6.56. The summed E-state index contributed by atoms with van der Waals surface area (Å²) < 4.78 is 53.0. The van der Waals surface area contributed by atoms with E-state index in [1.54, 1.807) is 18.2 Å². The largest absolute Gasteiger partial charge is 0.493 e. The van der Waals surface area contributed by atoms with E-state index in [0.29, 0.717) is 17.1 Å². The van der Waals surface area contributed by atoms with Gasteiger partial charge in [0.25, 0.3) is 5.91 Å². The van der Waals surface area contributed by atoms with Crippen molar-refractivity contribution in [3.63, 3.8) is 0 Å². The highest BCUT2D eigenvalue weighted by atomic mass is 19.4. The van der Waals surface area contributed by atoms with Crippen molar-refractivity contribution in [3.8, 4) is 11.5 Å². The van der Waals surface area contributed by atoms with Crippen LogP contribution in [0.2, 0.25) is 0 Å². The molecule has 2 aromatic rings. The van der Waals surface area contributed by atoms with E-state index < -0.39 is 30.2 Å². The Morgan fingerprint density at radius 3 is 2.41 bits per heavy atom. The molecule has 0 bridgehead atoms. The monoisotopic (exact) mass is 409 g/mol. The molecule has 0 saturated carbocycles. The van der Waals surface area contributed by atoms with Crippen LogP contribution in [0.5, 0.6) is 11.5 Å². The zero-order chi connectivity index (χ0) is 21.4. The van der Waals surface area contributed by atoms with Gasteiger partial charge in [-0.15, -0.1) is 0 Å². The van der Waals surface area contributed by atoms with E-state index in [1.807, 2.05) is 0 Å². The smallest absolute Gasteiger partial charge is 0.416 e. The van der Waals surface area contributed by atoms with Crippen LogP contribution in [-0.2, 0) is 20.5 Å². The number of carbonyl (C=O) groups is 2. The Bertz CT molecular complexity index is 909. The Morgan fingerprint density at radius 2 is 1.76 bits per heavy atom. The Balaban J connectivity index is 1.89. The van der Waals surface area contributed by atoms with Crippen molar-refractivity contribution in [2.75, 3.05) is 26.1 Å². The van der Waals surface area contributed by atoms with Crippen molar-refractivity contribution in [2.24, 2.45) is 0 Å². The van der Waals surface area contributed by atoms with E-state index in [2.05, 4.69) is 5.32 Å². The van der Waals surface area contributed by atoms with Crippen molar-refractivity contribution in [3.05, 3.63) is 59.7 Å². The van der Waals surface area contributed by atoms with Gasteiger partial charge in [0.05, 0.1) is 19.8 Å². The predicted octanol–water partition coefficient (Wildman–Crippen LogP) is 3.92. The van der Waals surface area contributed by atoms with Crippen LogP contribution in [-0.4, -0.2) is 32.7 Å². The highest BCUT2D eigenvalue weighted by molar-refractivity contribution is 5.94. The van der Waals surface area contributed by atoms with Gasteiger partial charge in [0, 0.05) is 11.8 Å². The number of hydrogen-bond acceptors (Lipinski definition) is 5. The average molecular weight is 409 g/mol. The van der Waals surface area contributed by atoms with Crippen molar-refractivity contribution in [1.29, 1.82) is 0 Å². The normalized spacial score (nSPS) is 11.2. The first-order chi connectivity index (χ1) is 13.7. The third-order valence-electron chi connectivity index (χ3n) is 3.64. The third-order valence-corrected chi connectivity index (χ3v) is 3.64. The van der Waals surface area contributed by atoms with Gasteiger partial charge >= 0.3 is 12.1 Å². The molecule has 0 aromatic heterocycles. The maximum atomic E-state index is 12.7. The standard InChI is InChI=1S/C20H18F3NO5/c1-27-16-8-6-13(10-17(16)28-2)7-9-19(26)29-12-18(25)24-15-5-3-4-14(11-15)20(21,22)23/h3-11H,12H2,1-2H3,(H,24,25). The Labute approximate surface area is 164 Å². The number of alkyl halides is 3. The lowest BCUT2D eigenvalue weighted by atomic mass is 10.2. The van der Waals surface area contributed by atoms with Gasteiger partial charge in [0.15, 0.2) is 18.1 Å². The van der Waals surface area contributed by atoms with E-state index in [4.69, 9.17) is 14.2 Å². The first-order valence-electron chi connectivity index (χ1n) is 8.27. The van der Waals surface area contributed by atoms with E-state index in [9.17, 15) is 22.8 Å². The summed E-state index contributed by atoms with van der Waals surface area (Å²) in [6.45, 7) is -0.647. The summed E-state index contributed by atoms with van der Waals surface area (Å²) in [6, 6.07) is 9.12. The highest BCUT2D eigenvalue weighted by Gasteiger charge is 2.30. The number of carbonyl (C=O) groups excluding carboxylic acids is 2. The van der Waals surface area contributed by atoms with Gasteiger partial charge in [-0.1, -0.05) is 12.1 Å². The molecule has 0 aliphatic carbocycles. The van der Waals surface area contributed by atoms with E-state index >= 15 is 0 Å². The fourth-order valence-electron chi connectivity index (χ4n) is 2.28. The number of halogens is 3. The molecule has 0 spiro atoms. The number of methoxy groups -OCH3 is 2. The van der Waals surface area contributed by atoms with Crippen LogP contribution in [0.4, 0.5) is 18.9 Å². The van der Waals surface area contributed by atoms with Crippen LogP contribution in [0.3, 0.4) is 0 Å². The number of ether oxygens (including phenoxy) is 3. The first kappa shape index (κ1) is 21.8. The molecule has 0 unspecified atom stereocenters. The SMILES string of the molecule is COc1ccc(C=CC(=O)OCC(=O)Nc2cccc(C(F)(F)F)c2)cc1OC. The molecule has 0 aliphatic heterocycles. The Kier molecular flexibility index (Phi) is 7.24. The predicted molar refractivity (Wildman–Crippen MR) is 99.6 cm³/mol. The molecule has 0 saturated heterocycles. The maximum absolute atomic E-state index is 12.7. The van der Waals surface area contributed by atoms with Crippen molar-refractivity contribution in [1.82, 2.24) is 0 Å². The Hall–Kier alpha value is -3.49. The second kappa shape index (κ2) is 9.63. The second-order valence-electron chi connectivity index (χ2n) is 5.68. The molecule has 2 rings (SSSR count). The second-order valence-corrected chi connectivity index (χ2v) is 5.68. The molecule has 0 heterocycles. The zero-order valence-corrected chi connectivity index (χ0v) is 15.6. The zero-order valence-electron chi connectivity index (χ0n) is 15.6.